The zero-order valence-corrected chi connectivity index (χ0v) is 17.2. The first kappa shape index (κ1) is 21.0. The van der Waals surface area contributed by atoms with Crippen LogP contribution in [0.5, 0.6) is 0 Å². The van der Waals surface area contributed by atoms with Crippen LogP contribution in [-0.2, 0) is 17.8 Å². The Kier molecular flexibility index (Phi) is 6.36. The second-order valence-corrected chi connectivity index (χ2v) is 7.25. The van der Waals surface area contributed by atoms with Gasteiger partial charge in [0.2, 0.25) is 5.91 Å². The lowest BCUT2D eigenvalue weighted by Crippen LogP contribution is -2.42. The van der Waals surface area contributed by atoms with Crippen molar-refractivity contribution in [2.75, 3.05) is 0 Å². The normalized spacial score (nSPS) is 10.5. The standard InChI is InChI=1S/C25H21FN4O2/c26-21-13-11-18(12-14-21)15-23(31)27-28-25(32)22-17-30(16-19-7-3-1-4-8-19)29-24(22)20-9-5-2-6-10-20/h1-14,17H,15-16H2,(H,27,31)(H,28,32). The molecule has 32 heavy (non-hydrogen) atoms. The molecule has 0 aliphatic rings. The van der Waals surface area contributed by atoms with E-state index < -0.39 is 11.8 Å². The van der Waals surface area contributed by atoms with Gasteiger partial charge in [0.1, 0.15) is 11.5 Å². The van der Waals surface area contributed by atoms with Crippen LogP contribution < -0.4 is 10.9 Å². The van der Waals surface area contributed by atoms with E-state index in [4.69, 9.17) is 0 Å². The minimum absolute atomic E-state index is 0.0133. The zero-order chi connectivity index (χ0) is 22.3. The van der Waals surface area contributed by atoms with E-state index >= 15 is 0 Å². The second-order valence-electron chi connectivity index (χ2n) is 7.25. The summed E-state index contributed by atoms with van der Waals surface area (Å²) in [6, 6.07) is 24.8. The van der Waals surface area contributed by atoms with Gasteiger partial charge in [-0.25, -0.2) is 4.39 Å². The van der Waals surface area contributed by atoms with Crippen LogP contribution >= 0.6 is 0 Å². The Bertz CT molecular complexity index is 1210. The topological polar surface area (TPSA) is 76.0 Å². The molecule has 2 amide bonds. The number of hydrogen-bond donors (Lipinski definition) is 2. The molecule has 3 aromatic carbocycles. The van der Waals surface area contributed by atoms with Gasteiger partial charge in [-0.2, -0.15) is 5.10 Å². The number of benzene rings is 3. The highest BCUT2D eigenvalue weighted by atomic mass is 19.1. The summed E-state index contributed by atoms with van der Waals surface area (Å²) < 4.78 is 14.7. The first-order valence-corrected chi connectivity index (χ1v) is 10.1. The Hall–Kier alpha value is -4.26. The highest BCUT2D eigenvalue weighted by Gasteiger charge is 2.18. The van der Waals surface area contributed by atoms with E-state index in [1.54, 1.807) is 10.9 Å². The van der Waals surface area contributed by atoms with Crippen LogP contribution in [-0.4, -0.2) is 21.6 Å². The third kappa shape index (κ3) is 5.26. The van der Waals surface area contributed by atoms with Gasteiger partial charge in [0.25, 0.3) is 5.91 Å². The number of hydrogen-bond acceptors (Lipinski definition) is 3. The van der Waals surface area contributed by atoms with Gasteiger partial charge in [0.05, 0.1) is 18.5 Å². The lowest BCUT2D eigenvalue weighted by atomic mass is 10.1. The van der Waals surface area contributed by atoms with Crippen LogP contribution in [0.15, 0.2) is 91.1 Å². The van der Waals surface area contributed by atoms with E-state index in [2.05, 4.69) is 16.0 Å². The molecule has 6 nitrogen and oxygen atoms in total. The largest absolute Gasteiger partial charge is 0.273 e. The molecule has 0 bridgehead atoms. The number of nitrogens with zero attached hydrogens (tertiary/aromatic N) is 2. The molecule has 0 radical (unpaired) electrons. The number of amides is 2. The first-order valence-electron chi connectivity index (χ1n) is 10.1. The summed E-state index contributed by atoms with van der Waals surface area (Å²) >= 11 is 0. The molecule has 4 aromatic rings. The first-order chi connectivity index (χ1) is 15.6. The van der Waals surface area contributed by atoms with Crippen LogP contribution in [0.2, 0.25) is 0 Å². The maximum Gasteiger partial charge on any atom is 0.273 e. The molecule has 7 heteroatoms. The van der Waals surface area contributed by atoms with Crippen LogP contribution in [0.1, 0.15) is 21.5 Å². The average molecular weight is 428 g/mol. The van der Waals surface area contributed by atoms with Gasteiger partial charge in [-0.3, -0.25) is 25.1 Å². The van der Waals surface area contributed by atoms with Crippen molar-refractivity contribution in [1.82, 2.24) is 20.6 Å². The van der Waals surface area contributed by atoms with Crippen molar-refractivity contribution in [3.05, 3.63) is 114 Å². The maximum atomic E-state index is 13.0. The predicted octanol–water partition coefficient (Wildman–Crippen LogP) is 3.74. The summed E-state index contributed by atoms with van der Waals surface area (Å²) in [5.74, 6) is -1.26. The number of carbonyl (C=O) groups is 2. The van der Waals surface area contributed by atoms with E-state index in [0.717, 1.165) is 11.1 Å². The number of aromatic nitrogens is 2. The van der Waals surface area contributed by atoms with Crippen molar-refractivity contribution in [2.24, 2.45) is 0 Å². The monoisotopic (exact) mass is 428 g/mol. The molecule has 160 valence electrons. The molecule has 4 rings (SSSR count). The second kappa shape index (κ2) is 9.70. The summed E-state index contributed by atoms with van der Waals surface area (Å²) in [5, 5.41) is 4.61. The number of rotatable bonds is 6. The minimum Gasteiger partial charge on any atom is -0.273 e. The minimum atomic E-state index is -0.476. The highest BCUT2D eigenvalue weighted by Crippen LogP contribution is 2.22. The predicted molar refractivity (Wildman–Crippen MR) is 119 cm³/mol. The quantitative estimate of drug-likeness (QED) is 0.460. The molecule has 0 atom stereocenters. The van der Waals surface area contributed by atoms with Crippen LogP contribution in [0.4, 0.5) is 4.39 Å². The zero-order valence-electron chi connectivity index (χ0n) is 17.2. The van der Waals surface area contributed by atoms with Crippen molar-refractivity contribution in [3.63, 3.8) is 0 Å². The summed E-state index contributed by atoms with van der Waals surface area (Å²) in [6.45, 7) is 0.505. The molecule has 0 aliphatic heterocycles. The molecule has 0 saturated carbocycles. The van der Waals surface area contributed by atoms with E-state index in [9.17, 15) is 14.0 Å². The van der Waals surface area contributed by atoms with Gasteiger partial charge < -0.3 is 0 Å². The SMILES string of the molecule is O=C(Cc1ccc(F)cc1)NNC(=O)c1cn(Cc2ccccc2)nc1-c1ccccc1. The fourth-order valence-corrected chi connectivity index (χ4v) is 3.27. The smallest absolute Gasteiger partial charge is 0.273 e. The Morgan fingerprint density at radius 3 is 2.16 bits per heavy atom. The fraction of sp³-hybridized carbons (Fsp3) is 0.0800. The third-order valence-corrected chi connectivity index (χ3v) is 4.83. The van der Waals surface area contributed by atoms with E-state index in [1.807, 2.05) is 60.7 Å². The summed E-state index contributed by atoms with van der Waals surface area (Å²) in [5.41, 5.74) is 8.21. The van der Waals surface area contributed by atoms with Gasteiger partial charge in [0, 0.05) is 11.8 Å². The number of carbonyl (C=O) groups excluding carboxylic acids is 2. The molecular formula is C25H21FN4O2. The van der Waals surface area contributed by atoms with Crippen LogP contribution in [0.25, 0.3) is 11.3 Å². The molecule has 1 heterocycles. The third-order valence-electron chi connectivity index (χ3n) is 4.83. The summed E-state index contributed by atoms with van der Waals surface area (Å²) in [7, 11) is 0. The van der Waals surface area contributed by atoms with Crippen molar-refractivity contribution in [3.8, 4) is 11.3 Å². The summed E-state index contributed by atoms with van der Waals surface area (Å²) in [6.07, 6.45) is 1.68. The van der Waals surface area contributed by atoms with Crippen molar-refractivity contribution >= 4 is 11.8 Å². The van der Waals surface area contributed by atoms with E-state index in [1.165, 1.54) is 24.3 Å². The molecule has 0 aliphatic carbocycles. The Balaban J connectivity index is 1.49. The van der Waals surface area contributed by atoms with Gasteiger partial charge in [0.15, 0.2) is 0 Å². The molecule has 2 N–H and O–H groups in total. The van der Waals surface area contributed by atoms with E-state index in [-0.39, 0.29) is 12.2 Å². The molecule has 0 spiro atoms. The average Bonchev–Trinajstić information content (AvgIpc) is 3.24. The maximum absolute atomic E-state index is 13.0. The van der Waals surface area contributed by atoms with E-state index in [0.29, 0.717) is 23.4 Å². The Labute approximate surface area is 184 Å². The fourth-order valence-electron chi connectivity index (χ4n) is 3.27. The highest BCUT2D eigenvalue weighted by molar-refractivity contribution is 6.00. The number of nitrogens with one attached hydrogen (secondary N) is 2. The van der Waals surface area contributed by atoms with Crippen LogP contribution in [0, 0.1) is 5.82 Å². The molecule has 0 fully saturated rings. The van der Waals surface area contributed by atoms with Gasteiger partial charge >= 0.3 is 0 Å². The van der Waals surface area contributed by atoms with Gasteiger partial charge in [-0.15, -0.1) is 0 Å². The molecular weight excluding hydrogens is 407 g/mol. The van der Waals surface area contributed by atoms with Crippen molar-refractivity contribution < 1.29 is 14.0 Å². The van der Waals surface area contributed by atoms with Crippen molar-refractivity contribution in [2.45, 2.75) is 13.0 Å². The van der Waals surface area contributed by atoms with Gasteiger partial charge in [-0.05, 0) is 23.3 Å². The Morgan fingerprint density at radius 1 is 0.812 bits per heavy atom. The van der Waals surface area contributed by atoms with Crippen molar-refractivity contribution in [1.29, 1.82) is 0 Å². The lowest BCUT2D eigenvalue weighted by molar-refractivity contribution is -0.121. The number of halogens is 1. The molecule has 0 saturated heterocycles. The Morgan fingerprint density at radius 2 is 1.47 bits per heavy atom. The lowest BCUT2D eigenvalue weighted by Gasteiger charge is -2.07. The van der Waals surface area contributed by atoms with Gasteiger partial charge in [-0.1, -0.05) is 72.8 Å². The number of hydrazine groups is 1. The van der Waals surface area contributed by atoms with Crippen LogP contribution in [0.3, 0.4) is 0 Å². The molecule has 1 aromatic heterocycles. The molecule has 0 unspecified atom stereocenters. The summed E-state index contributed by atoms with van der Waals surface area (Å²) in [4.78, 5) is 25.1.